The summed E-state index contributed by atoms with van der Waals surface area (Å²) in [5.74, 6) is 0.603. The average molecular weight is 243 g/mol. The molecule has 0 aliphatic carbocycles. The summed E-state index contributed by atoms with van der Waals surface area (Å²) in [6.07, 6.45) is 1.43. The molecule has 0 unspecified atom stereocenters. The van der Waals surface area contributed by atoms with E-state index in [0.29, 0.717) is 22.5 Å². The first-order valence-corrected chi connectivity index (χ1v) is 5.05. The van der Waals surface area contributed by atoms with E-state index in [-0.39, 0.29) is 0 Å². The minimum Gasteiger partial charge on any atom is -0.350 e. The van der Waals surface area contributed by atoms with Gasteiger partial charge >= 0.3 is 0 Å². The zero-order chi connectivity index (χ0) is 10.7. The predicted octanol–water partition coefficient (Wildman–Crippen LogP) is 2.72. The maximum atomic E-state index is 6.02. The fourth-order valence-electron chi connectivity index (χ4n) is 1.15. The lowest BCUT2D eigenvalue weighted by Crippen LogP contribution is -2.01. The minimum atomic E-state index is 0.550. The van der Waals surface area contributed by atoms with Gasteiger partial charge in [-0.2, -0.15) is 5.10 Å². The monoisotopic (exact) mass is 242 g/mol. The third-order valence-electron chi connectivity index (χ3n) is 1.89. The van der Waals surface area contributed by atoms with Gasteiger partial charge in [-0.1, -0.05) is 35.3 Å². The number of hydrogen-bond acceptors (Lipinski definition) is 3. The second kappa shape index (κ2) is 4.51. The van der Waals surface area contributed by atoms with E-state index in [2.05, 4.69) is 20.5 Å². The highest BCUT2D eigenvalue weighted by atomic mass is 35.5. The van der Waals surface area contributed by atoms with E-state index in [1.54, 1.807) is 6.07 Å². The molecule has 0 atom stereocenters. The molecule has 0 fully saturated rings. The molecular weight excluding hydrogens is 235 g/mol. The SMILES string of the molecule is Clc1cccc(CNc2ncn[nH]2)c1Cl. The third-order valence-corrected chi connectivity index (χ3v) is 2.75. The lowest BCUT2D eigenvalue weighted by atomic mass is 10.2. The number of aromatic amines is 1. The van der Waals surface area contributed by atoms with Crippen LogP contribution in [0.3, 0.4) is 0 Å². The smallest absolute Gasteiger partial charge is 0.218 e. The number of nitrogens with one attached hydrogen (secondary N) is 2. The zero-order valence-electron chi connectivity index (χ0n) is 7.67. The lowest BCUT2D eigenvalue weighted by molar-refractivity contribution is 1.04. The van der Waals surface area contributed by atoms with Crippen LogP contribution in [0.25, 0.3) is 0 Å². The number of benzene rings is 1. The summed E-state index contributed by atoms with van der Waals surface area (Å²) < 4.78 is 0. The number of hydrogen-bond donors (Lipinski definition) is 2. The minimum absolute atomic E-state index is 0.550. The molecule has 0 radical (unpaired) electrons. The number of rotatable bonds is 3. The van der Waals surface area contributed by atoms with Crippen LogP contribution in [-0.2, 0) is 6.54 Å². The van der Waals surface area contributed by atoms with Crippen molar-refractivity contribution in [2.45, 2.75) is 6.54 Å². The van der Waals surface area contributed by atoms with Crippen molar-refractivity contribution >= 4 is 29.2 Å². The van der Waals surface area contributed by atoms with Gasteiger partial charge in [-0.15, -0.1) is 0 Å². The van der Waals surface area contributed by atoms with Crippen molar-refractivity contribution in [2.24, 2.45) is 0 Å². The Bertz CT molecular complexity index is 441. The van der Waals surface area contributed by atoms with Gasteiger partial charge in [-0.25, -0.2) is 10.1 Å². The molecule has 0 bridgehead atoms. The Kier molecular flexibility index (Phi) is 3.08. The van der Waals surface area contributed by atoms with Gasteiger partial charge in [0.2, 0.25) is 5.95 Å². The van der Waals surface area contributed by atoms with Crippen LogP contribution in [0.4, 0.5) is 5.95 Å². The third kappa shape index (κ3) is 2.40. The van der Waals surface area contributed by atoms with E-state index < -0.39 is 0 Å². The van der Waals surface area contributed by atoms with Gasteiger partial charge in [0.25, 0.3) is 0 Å². The fraction of sp³-hybridized carbons (Fsp3) is 0.111. The molecule has 1 aromatic carbocycles. The topological polar surface area (TPSA) is 53.6 Å². The Morgan fingerprint density at radius 1 is 1.33 bits per heavy atom. The molecule has 0 saturated carbocycles. The Morgan fingerprint density at radius 3 is 2.93 bits per heavy atom. The maximum Gasteiger partial charge on any atom is 0.218 e. The largest absolute Gasteiger partial charge is 0.350 e. The van der Waals surface area contributed by atoms with Gasteiger partial charge in [0.05, 0.1) is 10.0 Å². The number of anilines is 1. The van der Waals surface area contributed by atoms with Crippen molar-refractivity contribution in [2.75, 3.05) is 5.32 Å². The van der Waals surface area contributed by atoms with Crippen molar-refractivity contribution in [1.82, 2.24) is 15.2 Å². The molecule has 0 saturated heterocycles. The lowest BCUT2D eigenvalue weighted by Gasteiger charge is -2.05. The number of halogens is 2. The van der Waals surface area contributed by atoms with Crippen LogP contribution in [0.1, 0.15) is 5.56 Å². The Labute approximate surface area is 96.6 Å². The van der Waals surface area contributed by atoms with Gasteiger partial charge in [0, 0.05) is 6.54 Å². The summed E-state index contributed by atoms with van der Waals surface area (Å²) in [5, 5.41) is 10.6. The Hall–Kier alpha value is -1.26. The molecule has 0 amide bonds. The first-order valence-electron chi connectivity index (χ1n) is 4.29. The first kappa shape index (κ1) is 10.3. The van der Waals surface area contributed by atoms with Crippen LogP contribution in [0, 0.1) is 0 Å². The van der Waals surface area contributed by atoms with Crippen molar-refractivity contribution in [3.63, 3.8) is 0 Å². The number of H-pyrrole nitrogens is 1. The molecule has 15 heavy (non-hydrogen) atoms. The van der Waals surface area contributed by atoms with E-state index in [9.17, 15) is 0 Å². The standard InChI is InChI=1S/C9H8Cl2N4/c10-7-3-1-2-6(8(7)11)4-12-9-13-5-14-15-9/h1-3,5H,4H2,(H2,12,13,14,15). The van der Waals surface area contributed by atoms with E-state index in [4.69, 9.17) is 23.2 Å². The molecule has 4 nitrogen and oxygen atoms in total. The predicted molar refractivity (Wildman–Crippen MR) is 60.2 cm³/mol. The van der Waals surface area contributed by atoms with E-state index in [1.807, 2.05) is 12.1 Å². The van der Waals surface area contributed by atoms with Gasteiger partial charge in [0.15, 0.2) is 0 Å². The van der Waals surface area contributed by atoms with Crippen molar-refractivity contribution < 1.29 is 0 Å². The molecule has 1 aromatic heterocycles. The molecule has 1 heterocycles. The molecule has 2 aromatic rings. The van der Waals surface area contributed by atoms with Crippen LogP contribution in [0.15, 0.2) is 24.5 Å². The van der Waals surface area contributed by atoms with Crippen molar-refractivity contribution in [1.29, 1.82) is 0 Å². The molecule has 78 valence electrons. The Morgan fingerprint density at radius 2 is 2.20 bits per heavy atom. The zero-order valence-corrected chi connectivity index (χ0v) is 9.18. The van der Waals surface area contributed by atoms with Crippen molar-refractivity contribution in [3.8, 4) is 0 Å². The van der Waals surface area contributed by atoms with Gasteiger partial charge in [0.1, 0.15) is 6.33 Å². The molecule has 0 aliphatic rings. The van der Waals surface area contributed by atoms with Crippen molar-refractivity contribution in [3.05, 3.63) is 40.1 Å². The molecule has 0 aliphatic heterocycles. The highest BCUT2D eigenvalue weighted by molar-refractivity contribution is 6.42. The summed E-state index contributed by atoms with van der Waals surface area (Å²) in [5.41, 5.74) is 0.917. The first-order chi connectivity index (χ1) is 7.27. The van der Waals surface area contributed by atoms with E-state index in [0.717, 1.165) is 5.56 Å². The second-order valence-corrected chi connectivity index (χ2v) is 3.69. The quantitative estimate of drug-likeness (QED) is 0.871. The number of aromatic nitrogens is 3. The average Bonchev–Trinajstić information content (AvgIpc) is 2.73. The summed E-state index contributed by atoms with van der Waals surface area (Å²) >= 11 is 11.9. The molecular formula is C9H8Cl2N4. The fourth-order valence-corrected chi connectivity index (χ4v) is 1.54. The highest BCUT2D eigenvalue weighted by Crippen LogP contribution is 2.25. The maximum absolute atomic E-state index is 6.02. The summed E-state index contributed by atoms with van der Waals surface area (Å²) in [6.45, 7) is 0.550. The molecule has 6 heteroatoms. The molecule has 2 rings (SSSR count). The molecule has 2 N–H and O–H groups in total. The number of nitrogens with zero attached hydrogens (tertiary/aromatic N) is 2. The van der Waals surface area contributed by atoms with Crippen LogP contribution in [0.2, 0.25) is 10.0 Å². The summed E-state index contributed by atoms with van der Waals surface area (Å²) in [4.78, 5) is 3.93. The van der Waals surface area contributed by atoms with E-state index in [1.165, 1.54) is 6.33 Å². The van der Waals surface area contributed by atoms with Crippen LogP contribution in [0.5, 0.6) is 0 Å². The van der Waals surface area contributed by atoms with Gasteiger partial charge in [-0.3, -0.25) is 0 Å². The van der Waals surface area contributed by atoms with Gasteiger partial charge < -0.3 is 5.32 Å². The second-order valence-electron chi connectivity index (χ2n) is 2.90. The molecule has 0 spiro atoms. The van der Waals surface area contributed by atoms with Crippen LogP contribution >= 0.6 is 23.2 Å². The highest BCUT2D eigenvalue weighted by Gasteiger charge is 2.04. The van der Waals surface area contributed by atoms with Gasteiger partial charge in [-0.05, 0) is 11.6 Å². The Balaban J connectivity index is 2.08. The van der Waals surface area contributed by atoms with Crippen LogP contribution < -0.4 is 5.32 Å². The summed E-state index contributed by atoms with van der Waals surface area (Å²) in [6, 6.07) is 5.50. The van der Waals surface area contributed by atoms with Crippen LogP contribution in [-0.4, -0.2) is 15.2 Å². The summed E-state index contributed by atoms with van der Waals surface area (Å²) in [7, 11) is 0. The van der Waals surface area contributed by atoms with E-state index >= 15 is 0 Å². The normalized spacial score (nSPS) is 10.3.